The number of hydrogen-bond acceptors (Lipinski definition) is 5. The number of nitrogens with zero attached hydrogens (tertiary/aromatic N) is 3. The fourth-order valence-electron chi connectivity index (χ4n) is 2.67. The molecule has 3 heterocycles. The molecular weight excluding hydrogens is 324 g/mol. The molecule has 0 bridgehead atoms. The summed E-state index contributed by atoms with van der Waals surface area (Å²) in [6.45, 7) is 5.15. The molecule has 1 saturated heterocycles. The lowest BCUT2D eigenvalue weighted by atomic mass is 10.2. The van der Waals surface area contributed by atoms with Gasteiger partial charge < -0.3 is 10.1 Å². The zero-order chi connectivity index (χ0) is 16.9. The highest BCUT2D eigenvalue weighted by molar-refractivity contribution is 7.99. The van der Waals surface area contributed by atoms with Gasteiger partial charge in [0.25, 0.3) is 5.91 Å². The number of pyridine rings is 1. The molecule has 0 unspecified atom stereocenters. The molecule has 3 rings (SSSR count). The van der Waals surface area contributed by atoms with E-state index in [4.69, 9.17) is 4.74 Å². The topological polar surface area (TPSA) is 69.0 Å². The first-order valence-electron chi connectivity index (χ1n) is 8.11. The third-order valence-electron chi connectivity index (χ3n) is 3.88. The molecule has 0 spiro atoms. The molecule has 1 atom stereocenters. The van der Waals surface area contributed by atoms with Crippen molar-refractivity contribution in [3.8, 4) is 5.88 Å². The third-order valence-corrected chi connectivity index (χ3v) is 5.02. The lowest BCUT2D eigenvalue weighted by molar-refractivity contribution is 0.0950. The number of rotatable bonds is 6. The van der Waals surface area contributed by atoms with Gasteiger partial charge in [-0.05, 0) is 38.2 Å². The average molecular weight is 346 g/mol. The van der Waals surface area contributed by atoms with Crippen molar-refractivity contribution in [2.45, 2.75) is 32.9 Å². The van der Waals surface area contributed by atoms with Crippen LogP contribution < -0.4 is 10.1 Å². The Kier molecular flexibility index (Phi) is 5.40. The van der Waals surface area contributed by atoms with Crippen molar-refractivity contribution in [2.24, 2.45) is 0 Å². The van der Waals surface area contributed by atoms with Crippen LogP contribution in [0.5, 0.6) is 5.88 Å². The Balaban J connectivity index is 1.53. The number of carbonyl (C=O) groups excluding carboxylic acids is 1. The van der Waals surface area contributed by atoms with E-state index in [1.54, 1.807) is 18.3 Å². The molecule has 1 amide bonds. The summed E-state index contributed by atoms with van der Waals surface area (Å²) in [5, 5.41) is 7.30. The minimum absolute atomic E-state index is 0.121. The molecule has 1 aliphatic rings. The van der Waals surface area contributed by atoms with Crippen LogP contribution in [0.4, 0.5) is 0 Å². The monoisotopic (exact) mass is 346 g/mol. The molecule has 2 aromatic heterocycles. The summed E-state index contributed by atoms with van der Waals surface area (Å²) in [4.78, 5) is 16.5. The van der Waals surface area contributed by atoms with Gasteiger partial charge in [-0.25, -0.2) is 4.98 Å². The Morgan fingerprint density at radius 1 is 1.46 bits per heavy atom. The van der Waals surface area contributed by atoms with Crippen LogP contribution >= 0.6 is 11.8 Å². The summed E-state index contributed by atoms with van der Waals surface area (Å²) < 4.78 is 7.73. The van der Waals surface area contributed by atoms with Gasteiger partial charge in [0.2, 0.25) is 5.88 Å². The Morgan fingerprint density at radius 2 is 2.33 bits per heavy atom. The summed E-state index contributed by atoms with van der Waals surface area (Å²) in [6.07, 6.45) is 2.85. The van der Waals surface area contributed by atoms with Crippen molar-refractivity contribution in [1.82, 2.24) is 20.1 Å². The second-order valence-corrected chi connectivity index (χ2v) is 7.04. The van der Waals surface area contributed by atoms with Gasteiger partial charge in [-0.15, -0.1) is 0 Å². The fraction of sp³-hybridized carbons (Fsp3) is 0.471. The van der Waals surface area contributed by atoms with Crippen molar-refractivity contribution in [1.29, 1.82) is 0 Å². The first kappa shape index (κ1) is 16.8. The number of thioether (sulfide) groups is 1. The van der Waals surface area contributed by atoms with Crippen LogP contribution in [0, 0.1) is 13.8 Å². The Morgan fingerprint density at radius 3 is 3.04 bits per heavy atom. The average Bonchev–Trinajstić information content (AvgIpc) is 3.17. The maximum atomic E-state index is 12.3. The van der Waals surface area contributed by atoms with Gasteiger partial charge in [0, 0.05) is 35.8 Å². The molecule has 2 aromatic rings. The Labute approximate surface area is 146 Å². The van der Waals surface area contributed by atoms with E-state index < -0.39 is 0 Å². The molecule has 24 heavy (non-hydrogen) atoms. The second kappa shape index (κ2) is 7.70. The maximum Gasteiger partial charge on any atom is 0.251 e. The molecule has 6 nitrogen and oxygen atoms in total. The van der Waals surface area contributed by atoms with Crippen molar-refractivity contribution >= 4 is 17.7 Å². The molecule has 7 heteroatoms. The van der Waals surface area contributed by atoms with E-state index in [1.165, 1.54) is 0 Å². The fourth-order valence-corrected chi connectivity index (χ4v) is 3.76. The number of aryl methyl sites for hydroxylation is 2. The van der Waals surface area contributed by atoms with Crippen LogP contribution in [0.1, 0.15) is 28.2 Å². The van der Waals surface area contributed by atoms with Crippen molar-refractivity contribution < 1.29 is 9.53 Å². The van der Waals surface area contributed by atoms with E-state index in [1.807, 2.05) is 36.4 Å². The van der Waals surface area contributed by atoms with Gasteiger partial charge in [-0.3, -0.25) is 9.48 Å². The zero-order valence-corrected chi connectivity index (χ0v) is 14.8. The number of nitrogens with one attached hydrogen (secondary N) is 1. The summed E-state index contributed by atoms with van der Waals surface area (Å²) in [5.74, 6) is 2.51. The van der Waals surface area contributed by atoms with E-state index in [9.17, 15) is 4.79 Å². The first-order valence-corrected chi connectivity index (χ1v) is 9.27. The summed E-state index contributed by atoms with van der Waals surface area (Å²) in [6, 6.07) is 5.44. The van der Waals surface area contributed by atoms with E-state index in [0.717, 1.165) is 29.3 Å². The first-order chi connectivity index (χ1) is 11.6. The zero-order valence-electron chi connectivity index (χ0n) is 14.0. The molecule has 1 N–H and O–H groups in total. The van der Waals surface area contributed by atoms with Gasteiger partial charge in [0.1, 0.15) is 6.10 Å². The third kappa shape index (κ3) is 4.29. The SMILES string of the molecule is Cc1cc(C)n(CCNC(=O)c2ccnc(O[C@@H]3CCSC3)c2)n1. The Hall–Kier alpha value is -2.02. The van der Waals surface area contributed by atoms with Crippen LogP contribution in [0.25, 0.3) is 0 Å². The molecule has 0 aromatic carbocycles. The Bertz CT molecular complexity index is 710. The second-order valence-electron chi connectivity index (χ2n) is 5.89. The number of ether oxygens (including phenoxy) is 1. The van der Waals surface area contributed by atoms with Crippen LogP contribution in [-0.2, 0) is 6.54 Å². The molecule has 1 aliphatic heterocycles. The highest BCUT2D eigenvalue weighted by atomic mass is 32.2. The maximum absolute atomic E-state index is 12.3. The predicted octanol–water partition coefficient (Wildman–Crippen LogP) is 2.21. The minimum Gasteiger partial charge on any atom is -0.473 e. The summed E-state index contributed by atoms with van der Waals surface area (Å²) >= 11 is 1.88. The standard InChI is InChI=1S/C17H22N4O2S/c1-12-9-13(2)21(20-12)7-6-19-17(22)14-3-5-18-16(10-14)23-15-4-8-24-11-15/h3,5,9-10,15H,4,6-8,11H2,1-2H3,(H,19,22)/t15-/m1/s1. The van der Waals surface area contributed by atoms with Gasteiger partial charge in [0.15, 0.2) is 0 Å². The summed E-state index contributed by atoms with van der Waals surface area (Å²) in [7, 11) is 0. The minimum atomic E-state index is -0.121. The normalized spacial score (nSPS) is 17.0. The van der Waals surface area contributed by atoms with Crippen molar-refractivity contribution in [3.05, 3.63) is 41.3 Å². The molecule has 128 valence electrons. The van der Waals surface area contributed by atoms with Crippen LogP contribution in [0.2, 0.25) is 0 Å². The van der Waals surface area contributed by atoms with Crippen LogP contribution in [0.15, 0.2) is 24.4 Å². The van der Waals surface area contributed by atoms with Crippen LogP contribution in [-0.4, -0.2) is 44.8 Å². The number of amides is 1. The lowest BCUT2D eigenvalue weighted by Crippen LogP contribution is -2.28. The smallest absolute Gasteiger partial charge is 0.251 e. The van der Waals surface area contributed by atoms with E-state index >= 15 is 0 Å². The summed E-state index contributed by atoms with van der Waals surface area (Å²) in [5.41, 5.74) is 2.65. The van der Waals surface area contributed by atoms with Gasteiger partial charge in [-0.1, -0.05) is 0 Å². The quantitative estimate of drug-likeness (QED) is 0.868. The molecule has 0 aliphatic carbocycles. The number of hydrogen-bond donors (Lipinski definition) is 1. The number of aromatic nitrogens is 3. The highest BCUT2D eigenvalue weighted by Gasteiger charge is 2.18. The highest BCUT2D eigenvalue weighted by Crippen LogP contribution is 2.22. The molecule has 1 fully saturated rings. The van der Waals surface area contributed by atoms with Gasteiger partial charge in [0.05, 0.1) is 12.2 Å². The van der Waals surface area contributed by atoms with E-state index in [0.29, 0.717) is 24.5 Å². The largest absolute Gasteiger partial charge is 0.473 e. The molecular formula is C17H22N4O2S. The molecule has 0 saturated carbocycles. The van der Waals surface area contributed by atoms with Crippen molar-refractivity contribution in [3.63, 3.8) is 0 Å². The lowest BCUT2D eigenvalue weighted by Gasteiger charge is -2.12. The van der Waals surface area contributed by atoms with E-state index in [2.05, 4.69) is 15.4 Å². The van der Waals surface area contributed by atoms with Crippen LogP contribution in [0.3, 0.4) is 0 Å². The van der Waals surface area contributed by atoms with E-state index in [-0.39, 0.29) is 12.0 Å². The number of carbonyl (C=O) groups is 1. The van der Waals surface area contributed by atoms with Gasteiger partial charge in [-0.2, -0.15) is 16.9 Å². The molecule has 0 radical (unpaired) electrons. The van der Waals surface area contributed by atoms with Crippen molar-refractivity contribution in [2.75, 3.05) is 18.1 Å². The van der Waals surface area contributed by atoms with Gasteiger partial charge >= 0.3 is 0 Å². The predicted molar refractivity (Wildman–Crippen MR) is 94.6 cm³/mol.